The minimum atomic E-state index is 0.361. The van der Waals surface area contributed by atoms with Crippen LogP contribution < -0.4 is 0 Å². The first-order chi connectivity index (χ1) is 9.27. The van der Waals surface area contributed by atoms with Crippen molar-refractivity contribution in [3.63, 3.8) is 0 Å². The van der Waals surface area contributed by atoms with Gasteiger partial charge in [0.1, 0.15) is 0 Å². The smallest absolute Gasteiger partial charge is 0.0368 e. The molecule has 1 heteroatoms. The lowest BCUT2D eigenvalue weighted by Crippen LogP contribution is -2.30. The fraction of sp³-hybridized carbons (Fsp3) is 0.556. The maximum Gasteiger partial charge on any atom is 0.0368 e. The summed E-state index contributed by atoms with van der Waals surface area (Å²) in [6, 6.07) is 0. The minimum absolute atomic E-state index is 0.361. The first-order valence-corrected chi connectivity index (χ1v) is 7.53. The van der Waals surface area contributed by atoms with Crippen LogP contribution in [0.2, 0.25) is 0 Å². The first kappa shape index (κ1) is 12.6. The number of likely N-dealkylation sites (N-methyl/N-ethyl adjacent to an activating group) is 1. The molecule has 0 N–H and O–H groups in total. The van der Waals surface area contributed by atoms with Crippen LogP contribution in [0.25, 0.3) is 0 Å². The molecule has 1 spiro atoms. The van der Waals surface area contributed by atoms with Crippen LogP contribution in [0.4, 0.5) is 0 Å². The third kappa shape index (κ3) is 2.04. The summed E-state index contributed by atoms with van der Waals surface area (Å²) in [5.41, 5.74) is 3.52. The van der Waals surface area contributed by atoms with Crippen molar-refractivity contribution in [3.8, 4) is 11.8 Å². The van der Waals surface area contributed by atoms with Gasteiger partial charge in [0.05, 0.1) is 0 Å². The molecule has 0 aromatic carbocycles. The van der Waals surface area contributed by atoms with Crippen LogP contribution in [0, 0.1) is 23.2 Å². The van der Waals surface area contributed by atoms with E-state index in [2.05, 4.69) is 55.0 Å². The molecule has 0 aromatic rings. The fourth-order valence-corrected chi connectivity index (χ4v) is 4.02. The van der Waals surface area contributed by atoms with Crippen LogP contribution in [0.3, 0.4) is 0 Å². The molecule has 3 aliphatic rings. The van der Waals surface area contributed by atoms with Gasteiger partial charge in [0.2, 0.25) is 0 Å². The normalized spacial score (nSPS) is 27.9. The van der Waals surface area contributed by atoms with Crippen LogP contribution in [-0.2, 0) is 0 Å². The fourth-order valence-electron chi connectivity index (χ4n) is 4.02. The van der Waals surface area contributed by atoms with Crippen molar-refractivity contribution >= 4 is 0 Å². The van der Waals surface area contributed by atoms with Crippen molar-refractivity contribution in [1.29, 1.82) is 0 Å². The van der Waals surface area contributed by atoms with Gasteiger partial charge in [-0.2, -0.15) is 0 Å². The lowest BCUT2D eigenvalue weighted by molar-refractivity contribution is 0.254. The van der Waals surface area contributed by atoms with Gasteiger partial charge >= 0.3 is 0 Å². The summed E-state index contributed by atoms with van der Waals surface area (Å²) in [7, 11) is 2.25. The molecule has 0 fully saturated rings. The largest absolute Gasteiger partial charge is 0.374 e. The predicted molar refractivity (Wildman–Crippen MR) is 80.4 cm³/mol. The molecule has 100 valence electrons. The second-order valence-corrected chi connectivity index (χ2v) is 6.05. The quantitative estimate of drug-likeness (QED) is 0.641. The minimum Gasteiger partial charge on any atom is -0.374 e. The van der Waals surface area contributed by atoms with Gasteiger partial charge in [-0.3, -0.25) is 0 Å². The molecule has 0 saturated carbocycles. The zero-order valence-electron chi connectivity index (χ0n) is 12.1. The first-order valence-electron chi connectivity index (χ1n) is 7.53. The summed E-state index contributed by atoms with van der Waals surface area (Å²) in [5.74, 6) is 7.26. The van der Waals surface area contributed by atoms with Gasteiger partial charge in [-0.1, -0.05) is 25.2 Å². The lowest BCUT2D eigenvalue weighted by Gasteiger charge is -2.34. The van der Waals surface area contributed by atoms with Gasteiger partial charge in [0.25, 0.3) is 0 Å². The van der Waals surface area contributed by atoms with Gasteiger partial charge < -0.3 is 4.90 Å². The average molecular weight is 253 g/mol. The Kier molecular flexibility index (Phi) is 3.27. The summed E-state index contributed by atoms with van der Waals surface area (Å²) >= 11 is 0. The van der Waals surface area contributed by atoms with Gasteiger partial charge in [0, 0.05) is 43.5 Å². The molecule has 3 rings (SSSR count). The van der Waals surface area contributed by atoms with Crippen molar-refractivity contribution in [3.05, 3.63) is 35.6 Å². The van der Waals surface area contributed by atoms with Crippen molar-refractivity contribution in [1.82, 2.24) is 4.90 Å². The van der Waals surface area contributed by atoms with E-state index >= 15 is 0 Å². The highest BCUT2D eigenvalue weighted by atomic mass is 15.1. The van der Waals surface area contributed by atoms with Crippen molar-refractivity contribution in [2.45, 2.75) is 39.0 Å². The highest BCUT2D eigenvalue weighted by molar-refractivity contribution is 5.42. The average Bonchev–Trinajstić information content (AvgIpc) is 2.64. The van der Waals surface area contributed by atoms with Crippen LogP contribution in [0.5, 0.6) is 0 Å². The zero-order valence-corrected chi connectivity index (χ0v) is 12.1. The summed E-state index contributed by atoms with van der Waals surface area (Å²) in [5, 5.41) is 0. The van der Waals surface area contributed by atoms with Gasteiger partial charge in [0.15, 0.2) is 0 Å². The highest BCUT2D eigenvalue weighted by Crippen LogP contribution is 2.51. The Balaban J connectivity index is 2.05. The molecule has 1 nitrogen and oxygen atoms in total. The molecular weight excluding hydrogens is 230 g/mol. The topological polar surface area (TPSA) is 3.24 Å². The Hall–Kier alpha value is -1.42. The summed E-state index contributed by atoms with van der Waals surface area (Å²) in [6.45, 7) is 3.49. The molecule has 19 heavy (non-hydrogen) atoms. The highest BCUT2D eigenvalue weighted by Gasteiger charge is 2.44. The van der Waals surface area contributed by atoms with Crippen LogP contribution in [-0.4, -0.2) is 18.5 Å². The summed E-state index contributed by atoms with van der Waals surface area (Å²) in [4.78, 5) is 2.47. The molecule has 1 atom stereocenters. The van der Waals surface area contributed by atoms with E-state index in [0.717, 1.165) is 12.8 Å². The van der Waals surface area contributed by atoms with Crippen LogP contribution >= 0.6 is 0 Å². The Bertz CT molecular complexity index is 498. The number of hydrogen-bond donors (Lipinski definition) is 0. The standard InChI is InChI=1S/C18H23N/c1-3-15-10-6-7-11-16-17(15)18(14-19(16)2)12-8-4-5-9-13-18/h6-7,10-11,15H,3,8-9,12-14H2,1-2H3. The van der Waals surface area contributed by atoms with Crippen molar-refractivity contribution in [2.24, 2.45) is 11.3 Å². The van der Waals surface area contributed by atoms with E-state index in [1.54, 1.807) is 5.57 Å². The van der Waals surface area contributed by atoms with E-state index in [0.29, 0.717) is 11.3 Å². The number of nitrogens with zero attached hydrogens (tertiary/aromatic N) is 1. The molecular formula is C18H23N. The van der Waals surface area contributed by atoms with Gasteiger partial charge in [-0.05, 0) is 30.9 Å². The molecule has 0 radical (unpaired) electrons. The third-order valence-corrected chi connectivity index (χ3v) is 4.90. The second kappa shape index (κ2) is 4.93. The molecule has 1 unspecified atom stereocenters. The van der Waals surface area contributed by atoms with Gasteiger partial charge in [-0.25, -0.2) is 0 Å². The second-order valence-electron chi connectivity index (χ2n) is 6.05. The maximum atomic E-state index is 3.33. The van der Waals surface area contributed by atoms with Crippen molar-refractivity contribution < 1.29 is 0 Å². The van der Waals surface area contributed by atoms with E-state index in [4.69, 9.17) is 0 Å². The molecule has 0 bridgehead atoms. The SMILES string of the molecule is CCC1C=CC=CC2=C1C1(CCC#CCC1)CN2C. The number of fused-ring (bicyclic) bond motifs is 1. The van der Waals surface area contributed by atoms with E-state index in [-0.39, 0.29) is 0 Å². The Labute approximate surface area is 117 Å². The third-order valence-electron chi connectivity index (χ3n) is 4.90. The van der Waals surface area contributed by atoms with Crippen molar-refractivity contribution in [2.75, 3.05) is 13.6 Å². The lowest BCUT2D eigenvalue weighted by atomic mass is 9.69. The van der Waals surface area contributed by atoms with E-state index < -0.39 is 0 Å². The monoisotopic (exact) mass is 253 g/mol. The molecule has 0 saturated heterocycles. The summed E-state index contributed by atoms with van der Waals surface area (Å²) < 4.78 is 0. The Morgan fingerprint density at radius 2 is 2.00 bits per heavy atom. The van der Waals surface area contributed by atoms with E-state index in [9.17, 15) is 0 Å². The Morgan fingerprint density at radius 3 is 2.68 bits per heavy atom. The van der Waals surface area contributed by atoms with Crippen LogP contribution in [0.1, 0.15) is 39.0 Å². The molecule has 0 amide bonds. The molecule has 1 heterocycles. The predicted octanol–water partition coefficient (Wildman–Crippen LogP) is 3.90. The molecule has 0 aromatic heterocycles. The summed E-state index contributed by atoms with van der Waals surface area (Å²) in [6.07, 6.45) is 14.9. The zero-order chi connectivity index (χ0) is 13.3. The molecule has 1 aliphatic heterocycles. The number of allylic oxidation sites excluding steroid dienone is 4. The molecule has 2 aliphatic carbocycles. The van der Waals surface area contributed by atoms with Crippen LogP contribution in [0.15, 0.2) is 35.6 Å². The Morgan fingerprint density at radius 1 is 1.26 bits per heavy atom. The number of hydrogen-bond acceptors (Lipinski definition) is 1. The van der Waals surface area contributed by atoms with Gasteiger partial charge in [-0.15, -0.1) is 11.8 Å². The van der Waals surface area contributed by atoms with E-state index in [1.165, 1.54) is 31.5 Å². The maximum absolute atomic E-state index is 3.33. The van der Waals surface area contributed by atoms with E-state index in [1.807, 2.05) is 0 Å². The number of rotatable bonds is 1.